The molecule has 1 aliphatic heterocycles. The van der Waals surface area contributed by atoms with Gasteiger partial charge < -0.3 is 15.7 Å². The summed E-state index contributed by atoms with van der Waals surface area (Å²) < 4.78 is 0. The molecule has 0 aromatic heterocycles. The number of likely N-dealkylation sites (tertiary alicyclic amines) is 1. The summed E-state index contributed by atoms with van der Waals surface area (Å²) in [5, 5.41) is 9.05. The van der Waals surface area contributed by atoms with Gasteiger partial charge in [-0.1, -0.05) is 0 Å². The van der Waals surface area contributed by atoms with Crippen LogP contribution in [0.3, 0.4) is 0 Å². The summed E-state index contributed by atoms with van der Waals surface area (Å²) >= 11 is 0. The number of hydrogen-bond donors (Lipinski definition) is 2. The number of hydrogen-bond acceptors (Lipinski definition) is 3. The molecule has 0 bridgehead atoms. The zero-order valence-corrected chi connectivity index (χ0v) is 7.86. The van der Waals surface area contributed by atoms with E-state index in [4.69, 9.17) is 10.8 Å². The van der Waals surface area contributed by atoms with Gasteiger partial charge in [-0.3, -0.25) is 4.79 Å². The third-order valence-corrected chi connectivity index (χ3v) is 3.04. The SMILES string of the molecule is CC(N)(C(=O)N1CC(O)C1)C1CC1. The predicted molar refractivity (Wildman–Crippen MR) is 47.9 cm³/mol. The molecule has 1 amide bonds. The minimum Gasteiger partial charge on any atom is -0.389 e. The maximum Gasteiger partial charge on any atom is 0.242 e. The Bertz CT molecular complexity index is 230. The highest BCUT2D eigenvalue weighted by Crippen LogP contribution is 2.39. The van der Waals surface area contributed by atoms with E-state index in [1.54, 1.807) is 11.8 Å². The van der Waals surface area contributed by atoms with Crippen LogP contribution in [0.4, 0.5) is 0 Å². The van der Waals surface area contributed by atoms with Crippen molar-refractivity contribution in [2.75, 3.05) is 13.1 Å². The van der Waals surface area contributed by atoms with E-state index in [0.29, 0.717) is 19.0 Å². The molecule has 74 valence electrons. The number of aliphatic hydroxyl groups is 1. The van der Waals surface area contributed by atoms with Crippen molar-refractivity contribution >= 4 is 5.91 Å². The van der Waals surface area contributed by atoms with E-state index in [1.807, 2.05) is 0 Å². The van der Waals surface area contributed by atoms with Crippen LogP contribution in [0.1, 0.15) is 19.8 Å². The van der Waals surface area contributed by atoms with Crippen molar-refractivity contribution in [1.82, 2.24) is 4.90 Å². The summed E-state index contributed by atoms with van der Waals surface area (Å²) in [4.78, 5) is 13.4. The molecule has 0 radical (unpaired) electrons. The fourth-order valence-corrected chi connectivity index (χ4v) is 1.82. The molecule has 3 N–H and O–H groups in total. The van der Waals surface area contributed by atoms with Crippen LogP contribution < -0.4 is 5.73 Å². The number of β-amino-alcohol motifs (C(OH)–C–C–N with tert-alkyl or cyclic N) is 1. The van der Waals surface area contributed by atoms with Crippen LogP contribution in [0, 0.1) is 5.92 Å². The summed E-state index contributed by atoms with van der Waals surface area (Å²) in [6.45, 7) is 2.72. The maximum atomic E-state index is 11.8. The first-order valence-electron chi connectivity index (χ1n) is 4.78. The van der Waals surface area contributed by atoms with E-state index >= 15 is 0 Å². The second-order valence-corrected chi connectivity index (χ2v) is 4.42. The fraction of sp³-hybridized carbons (Fsp3) is 0.889. The summed E-state index contributed by atoms with van der Waals surface area (Å²) in [5.74, 6) is 0.359. The highest BCUT2D eigenvalue weighted by atomic mass is 16.3. The van der Waals surface area contributed by atoms with E-state index in [2.05, 4.69) is 0 Å². The van der Waals surface area contributed by atoms with Gasteiger partial charge in [-0.15, -0.1) is 0 Å². The normalized spacial score (nSPS) is 28.1. The number of carbonyl (C=O) groups excluding carboxylic acids is 1. The van der Waals surface area contributed by atoms with Crippen molar-refractivity contribution in [1.29, 1.82) is 0 Å². The van der Waals surface area contributed by atoms with Crippen molar-refractivity contribution < 1.29 is 9.90 Å². The van der Waals surface area contributed by atoms with Gasteiger partial charge in [0.25, 0.3) is 0 Å². The molecule has 4 nitrogen and oxygen atoms in total. The maximum absolute atomic E-state index is 11.8. The second kappa shape index (κ2) is 2.69. The van der Waals surface area contributed by atoms with Gasteiger partial charge in [-0.2, -0.15) is 0 Å². The first-order valence-corrected chi connectivity index (χ1v) is 4.78. The molecule has 2 rings (SSSR count). The molecule has 2 aliphatic rings. The van der Waals surface area contributed by atoms with E-state index in [0.717, 1.165) is 12.8 Å². The number of amides is 1. The smallest absolute Gasteiger partial charge is 0.242 e. The van der Waals surface area contributed by atoms with Crippen molar-refractivity contribution in [3.8, 4) is 0 Å². The van der Waals surface area contributed by atoms with E-state index in [9.17, 15) is 4.79 Å². The Balaban J connectivity index is 1.95. The Hall–Kier alpha value is -0.610. The molecule has 1 heterocycles. The lowest BCUT2D eigenvalue weighted by molar-refractivity contribution is -0.147. The first kappa shape index (κ1) is 8.97. The lowest BCUT2D eigenvalue weighted by Gasteiger charge is -2.40. The number of rotatable bonds is 2. The molecule has 1 atom stereocenters. The largest absolute Gasteiger partial charge is 0.389 e. The van der Waals surface area contributed by atoms with Crippen LogP contribution in [0.2, 0.25) is 0 Å². The molecule has 0 spiro atoms. The molecule has 1 unspecified atom stereocenters. The number of nitrogens with zero attached hydrogens (tertiary/aromatic N) is 1. The minimum atomic E-state index is -0.694. The van der Waals surface area contributed by atoms with Crippen LogP contribution >= 0.6 is 0 Å². The van der Waals surface area contributed by atoms with Crippen LogP contribution in [-0.4, -0.2) is 40.6 Å². The molecule has 1 aliphatic carbocycles. The predicted octanol–water partition coefficient (Wildman–Crippen LogP) is -0.683. The molecule has 2 fully saturated rings. The Labute approximate surface area is 77.7 Å². The van der Waals surface area contributed by atoms with E-state index in [-0.39, 0.29) is 12.0 Å². The third kappa shape index (κ3) is 1.44. The van der Waals surface area contributed by atoms with Gasteiger partial charge in [0.1, 0.15) is 0 Å². The third-order valence-electron chi connectivity index (χ3n) is 3.04. The average molecular weight is 184 g/mol. The van der Waals surface area contributed by atoms with Gasteiger partial charge >= 0.3 is 0 Å². The summed E-state index contributed by atoms with van der Waals surface area (Å²) in [5.41, 5.74) is 5.25. The van der Waals surface area contributed by atoms with E-state index < -0.39 is 5.54 Å². The molecular formula is C9H16N2O2. The zero-order chi connectivity index (χ0) is 9.64. The van der Waals surface area contributed by atoms with E-state index in [1.165, 1.54) is 0 Å². The lowest BCUT2D eigenvalue weighted by atomic mass is 9.93. The Morgan fingerprint density at radius 2 is 2.08 bits per heavy atom. The molecule has 1 saturated heterocycles. The lowest BCUT2D eigenvalue weighted by Crippen LogP contribution is -2.63. The summed E-state index contributed by atoms with van der Waals surface area (Å²) in [6, 6.07) is 0. The highest BCUT2D eigenvalue weighted by Gasteiger charge is 2.47. The highest BCUT2D eigenvalue weighted by molar-refractivity contribution is 5.87. The quantitative estimate of drug-likeness (QED) is 0.597. The monoisotopic (exact) mass is 184 g/mol. The van der Waals surface area contributed by atoms with Gasteiger partial charge in [-0.05, 0) is 25.7 Å². The standard InChI is InChI=1S/C9H16N2O2/c1-9(10,6-2-3-6)8(13)11-4-7(12)5-11/h6-7,12H,2-5,10H2,1H3. The average Bonchev–Trinajstić information content (AvgIpc) is 2.79. The van der Waals surface area contributed by atoms with Gasteiger partial charge in [0, 0.05) is 13.1 Å². The molecule has 13 heavy (non-hydrogen) atoms. The summed E-state index contributed by atoms with van der Waals surface area (Å²) in [6.07, 6.45) is 1.79. The number of carbonyl (C=O) groups is 1. The van der Waals surface area contributed by atoms with Crippen molar-refractivity contribution in [2.24, 2.45) is 11.7 Å². The number of aliphatic hydroxyl groups excluding tert-OH is 1. The minimum absolute atomic E-state index is 0.000278. The molecule has 1 saturated carbocycles. The van der Waals surface area contributed by atoms with Crippen molar-refractivity contribution in [3.05, 3.63) is 0 Å². The molecule has 0 aromatic carbocycles. The first-order chi connectivity index (χ1) is 6.01. The molecule has 0 aromatic rings. The van der Waals surface area contributed by atoms with Crippen molar-refractivity contribution in [3.63, 3.8) is 0 Å². The van der Waals surface area contributed by atoms with Gasteiger partial charge in [-0.25, -0.2) is 0 Å². The fourth-order valence-electron chi connectivity index (χ4n) is 1.82. The van der Waals surface area contributed by atoms with Crippen molar-refractivity contribution in [2.45, 2.75) is 31.4 Å². The van der Waals surface area contributed by atoms with Gasteiger partial charge in [0.05, 0.1) is 11.6 Å². The van der Waals surface area contributed by atoms with Crippen LogP contribution in [0.5, 0.6) is 0 Å². The zero-order valence-electron chi connectivity index (χ0n) is 7.86. The topological polar surface area (TPSA) is 66.6 Å². The summed E-state index contributed by atoms with van der Waals surface area (Å²) in [7, 11) is 0. The molecular weight excluding hydrogens is 168 g/mol. The van der Waals surface area contributed by atoms with Gasteiger partial charge in [0.2, 0.25) is 5.91 Å². The Kier molecular flexibility index (Phi) is 1.85. The van der Waals surface area contributed by atoms with Crippen LogP contribution in [0.15, 0.2) is 0 Å². The Morgan fingerprint density at radius 1 is 1.54 bits per heavy atom. The van der Waals surface area contributed by atoms with Gasteiger partial charge in [0.15, 0.2) is 0 Å². The Morgan fingerprint density at radius 3 is 2.46 bits per heavy atom. The number of nitrogens with two attached hydrogens (primary N) is 1. The second-order valence-electron chi connectivity index (χ2n) is 4.42. The van der Waals surface area contributed by atoms with Crippen LogP contribution in [-0.2, 0) is 4.79 Å². The molecule has 4 heteroatoms. The van der Waals surface area contributed by atoms with Crippen LogP contribution in [0.25, 0.3) is 0 Å².